The molecule has 0 radical (unpaired) electrons. The molecule has 3 aliphatic rings. The summed E-state index contributed by atoms with van der Waals surface area (Å²) in [7, 11) is 0. The molecule has 3 fully saturated rings. The van der Waals surface area contributed by atoms with Gasteiger partial charge in [0.1, 0.15) is 12.6 Å². The largest absolute Gasteiger partial charge is 0.443 e. The Morgan fingerprint density at radius 1 is 1.50 bits per heavy atom. The third-order valence-corrected chi connectivity index (χ3v) is 4.54. The number of piperidine rings is 3. The van der Waals surface area contributed by atoms with Crippen LogP contribution in [0.5, 0.6) is 0 Å². The van der Waals surface area contributed by atoms with Crippen LogP contribution in [0.25, 0.3) is 0 Å². The van der Waals surface area contributed by atoms with Gasteiger partial charge in [0.25, 0.3) is 0 Å². The molecule has 2 N–H and O–H groups in total. The molecule has 0 spiro atoms. The molecule has 0 aliphatic carbocycles. The molecule has 18 heavy (non-hydrogen) atoms. The second-order valence-corrected chi connectivity index (χ2v) is 6.16. The molecule has 104 valence electrons. The van der Waals surface area contributed by atoms with Crippen LogP contribution in [0.3, 0.4) is 0 Å². The number of amides is 1. The maximum atomic E-state index is 11.5. The highest BCUT2D eigenvalue weighted by molar-refractivity contribution is 5.67. The van der Waals surface area contributed by atoms with Crippen LogP contribution < -0.4 is 10.2 Å². The van der Waals surface area contributed by atoms with Crippen molar-refractivity contribution in [3.63, 3.8) is 0 Å². The fourth-order valence-electron chi connectivity index (χ4n) is 3.54. The van der Waals surface area contributed by atoms with E-state index in [1.165, 1.54) is 32.4 Å². The molecule has 4 atom stereocenters. The second kappa shape index (κ2) is 5.91. The Bertz CT molecular complexity index is 294. The van der Waals surface area contributed by atoms with Gasteiger partial charge in [0.2, 0.25) is 0 Å². The van der Waals surface area contributed by atoms with E-state index in [2.05, 4.69) is 12.2 Å². The van der Waals surface area contributed by atoms with Crippen LogP contribution in [0.4, 0.5) is 4.79 Å². The van der Waals surface area contributed by atoms with E-state index in [9.17, 15) is 4.79 Å². The number of carbonyl (C=O) groups is 1. The summed E-state index contributed by atoms with van der Waals surface area (Å²) in [5.74, 6) is 1.77. The van der Waals surface area contributed by atoms with Crippen molar-refractivity contribution in [3.8, 4) is 0 Å². The molecular formula is C14H27N2O2+. The highest BCUT2D eigenvalue weighted by Crippen LogP contribution is 2.28. The SMILES string of the molecule is CC[C@H]1C[NH+]2CC[C@H]1C[C@@H]2COC(=O)NC(C)C. The van der Waals surface area contributed by atoms with Crippen LogP contribution in [-0.2, 0) is 4.74 Å². The van der Waals surface area contributed by atoms with E-state index in [4.69, 9.17) is 4.74 Å². The first kappa shape index (κ1) is 13.7. The zero-order valence-electron chi connectivity index (χ0n) is 11.9. The summed E-state index contributed by atoms with van der Waals surface area (Å²) in [4.78, 5) is 13.1. The zero-order chi connectivity index (χ0) is 13.1. The first-order valence-electron chi connectivity index (χ1n) is 7.38. The molecular weight excluding hydrogens is 228 g/mol. The van der Waals surface area contributed by atoms with Gasteiger partial charge in [0, 0.05) is 24.8 Å². The van der Waals surface area contributed by atoms with Crippen molar-refractivity contribution in [2.75, 3.05) is 19.7 Å². The monoisotopic (exact) mass is 255 g/mol. The van der Waals surface area contributed by atoms with Crippen molar-refractivity contribution in [2.45, 2.75) is 52.1 Å². The summed E-state index contributed by atoms with van der Waals surface area (Å²) in [5.41, 5.74) is 0. The third kappa shape index (κ3) is 3.16. The number of carbonyl (C=O) groups excluding carboxylic acids is 1. The first-order chi connectivity index (χ1) is 8.60. The van der Waals surface area contributed by atoms with Gasteiger partial charge in [-0.15, -0.1) is 0 Å². The number of rotatable bonds is 4. The van der Waals surface area contributed by atoms with Crippen molar-refractivity contribution < 1.29 is 14.4 Å². The Morgan fingerprint density at radius 3 is 2.83 bits per heavy atom. The van der Waals surface area contributed by atoms with Gasteiger partial charge in [-0.25, -0.2) is 4.79 Å². The maximum Gasteiger partial charge on any atom is 0.407 e. The van der Waals surface area contributed by atoms with Gasteiger partial charge in [-0.05, 0) is 26.2 Å². The number of hydrogen-bond donors (Lipinski definition) is 2. The lowest BCUT2D eigenvalue weighted by Crippen LogP contribution is -3.20. The molecule has 0 aromatic heterocycles. The van der Waals surface area contributed by atoms with Crippen LogP contribution >= 0.6 is 0 Å². The summed E-state index contributed by atoms with van der Waals surface area (Å²) < 4.78 is 5.34. The molecule has 3 rings (SSSR count). The fourth-order valence-corrected chi connectivity index (χ4v) is 3.54. The minimum Gasteiger partial charge on any atom is -0.443 e. The number of ether oxygens (including phenoxy) is 1. The van der Waals surface area contributed by atoms with Crippen LogP contribution in [0, 0.1) is 11.8 Å². The maximum absolute atomic E-state index is 11.5. The predicted molar refractivity (Wildman–Crippen MR) is 70.6 cm³/mol. The lowest BCUT2D eigenvalue weighted by atomic mass is 9.75. The Morgan fingerprint density at radius 2 is 2.28 bits per heavy atom. The highest BCUT2D eigenvalue weighted by atomic mass is 16.5. The van der Waals surface area contributed by atoms with Gasteiger partial charge >= 0.3 is 6.09 Å². The van der Waals surface area contributed by atoms with Gasteiger partial charge in [0.05, 0.1) is 13.1 Å². The lowest BCUT2D eigenvalue weighted by Gasteiger charge is -2.46. The van der Waals surface area contributed by atoms with E-state index in [0.29, 0.717) is 12.6 Å². The van der Waals surface area contributed by atoms with Crippen molar-refractivity contribution >= 4 is 6.09 Å². The number of alkyl carbamates (subject to hydrolysis) is 1. The van der Waals surface area contributed by atoms with Gasteiger partial charge in [-0.3, -0.25) is 0 Å². The molecule has 1 unspecified atom stereocenters. The second-order valence-electron chi connectivity index (χ2n) is 6.16. The van der Waals surface area contributed by atoms with E-state index in [1.54, 1.807) is 4.90 Å². The van der Waals surface area contributed by atoms with Crippen molar-refractivity contribution in [1.29, 1.82) is 0 Å². The minimum absolute atomic E-state index is 0.150. The van der Waals surface area contributed by atoms with Crippen LogP contribution in [0.15, 0.2) is 0 Å². The average Bonchev–Trinajstić information content (AvgIpc) is 2.36. The molecule has 3 heterocycles. The molecule has 0 aromatic carbocycles. The van der Waals surface area contributed by atoms with Crippen molar-refractivity contribution in [1.82, 2.24) is 5.32 Å². The van der Waals surface area contributed by atoms with E-state index < -0.39 is 0 Å². The van der Waals surface area contributed by atoms with E-state index in [1.807, 2.05) is 13.8 Å². The van der Waals surface area contributed by atoms with E-state index in [-0.39, 0.29) is 12.1 Å². The van der Waals surface area contributed by atoms with Crippen molar-refractivity contribution in [2.24, 2.45) is 11.8 Å². The van der Waals surface area contributed by atoms with Crippen LogP contribution in [-0.4, -0.2) is 37.9 Å². The standard InChI is InChI=1S/C14H26N2O2/c1-4-11-8-16-6-5-12(11)7-13(16)9-18-14(17)15-10(2)3/h10-13H,4-9H2,1-3H3,(H,15,17)/p+1/t11-,12-,13+/m0/s1. The molecule has 0 saturated carbocycles. The molecule has 4 heteroatoms. The summed E-state index contributed by atoms with van der Waals surface area (Å²) >= 11 is 0. The number of hydrogen-bond acceptors (Lipinski definition) is 2. The zero-order valence-corrected chi connectivity index (χ0v) is 11.9. The molecule has 4 nitrogen and oxygen atoms in total. The Hall–Kier alpha value is -0.770. The first-order valence-corrected chi connectivity index (χ1v) is 7.38. The summed E-state index contributed by atoms with van der Waals surface area (Å²) in [6.07, 6.45) is 3.64. The third-order valence-electron chi connectivity index (χ3n) is 4.54. The van der Waals surface area contributed by atoms with Gasteiger partial charge < -0.3 is 15.0 Å². The number of quaternary nitrogens is 1. The van der Waals surface area contributed by atoms with Gasteiger partial charge in [-0.1, -0.05) is 6.92 Å². The summed E-state index contributed by atoms with van der Waals surface area (Å²) in [6.45, 7) is 9.32. The molecule has 3 saturated heterocycles. The highest BCUT2D eigenvalue weighted by Gasteiger charge is 2.43. The van der Waals surface area contributed by atoms with Gasteiger partial charge in [-0.2, -0.15) is 0 Å². The molecule has 0 aromatic rings. The van der Waals surface area contributed by atoms with E-state index in [0.717, 1.165) is 11.8 Å². The lowest BCUT2D eigenvalue weighted by molar-refractivity contribution is -0.946. The number of nitrogens with one attached hydrogen (secondary N) is 2. The minimum atomic E-state index is -0.265. The normalized spacial score (nSPS) is 34.7. The Kier molecular flexibility index (Phi) is 4.49. The number of fused-ring (bicyclic) bond motifs is 3. The average molecular weight is 255 g/mol. The topological polar surface area (TPSA) is 42.8 Å². The van der Waals surface area contributed by atoms with Crippen LogP contribution in [0.2, 0.25) is 0 Å². The Balaban J connectivity index is 1.77. The van der Waals surface area contributed by atoms with Gasteiger partial charge in [0.15, 0.2) is 0 Å². The van der Waals surface area contributed by atoms with E-state index >= 15 is 0 Å². The summed E-state index contributed by atoms with van der Waals surface area (Å²) in [6, 6.07) is 0.682. The fraction of sp³-hybridized carbons (Fsp3) is 0.929. The van der Waals surface area contributed by atoms with Crippen LogP contribution in [0.1, 0.15) is 40.0 Å². The Labute approximate surface area is 110 Å². The van der Waals surface area contributed by atoms with Crippen molar-refractivity contribution in [3.05, 3.63) is 0 Å². The quantitative estimate of drug-likeness (QED) is 0.781. The predicted octanol–water partition coefficient (Wildman–Crippen LogP) is 0.824. The molecule has 3 aliphatic heterocycles. The smallest absolute Gasteiger partial charge is 0.407 e. The molecule has 2 bridgehead atoms. The molecule has 1 amide bonds. The summed E-state index contributed by atoms with van der Waals surface area (Å²) in [5, 5.41) is 2.78.